The van der Waals surface area contributed by atoms with Crippen LogP contribution in [0.5, 0.6) is 0 Å². The number of hydrogen-bond donors (Lipinski definition) is 3. The van der Waals surface area contributed by atoms with Gasteiger partial charge in [-0.25, -0.2) is 0 Å². The Morgan fingerprint density at radius 3 is 2.64 bits per heavy atom. The number of nitrogens with zero attached hydrogens (tertiary/aromatic N) is 2. The number of aliphatic hydroxyl groups is 1. The van der Waals surface area contributed by atoms with Crippen molar-refractivity contribution in [3.05, 3.63) is 22.4 Å². The van der Waals surface area contributed by atoms with E-state index in [4.69, 9.17) is 0 Å². The molecule has 2 fully saturated rings. The van der Waals surface area contributed by atoms with Crippen LogP contribution in [0, 0.1) is 11.8 Å². The lowest BCUT2D eigenvalue weighted by atomic mass is 9.88. The molecule has 1 aromatic rings. The van der Waals surface area contributed by atoms with E-state index in [1.54, 1.807) is 0 Å². The van der Waals surface area contributed by atoms with Gasteiger partial charge in [0.2, 0.25) is 0 Å². The fourth-order valence-corrected chi connectivity index (χ4v) is 5.30. The van der Waals surface area contributed by atoms with E-state index < -0.39 is 0 Å². The number of thiophene rings is 1. The molecule has 6 heteroatoms. The van der Waals surface area contributed by atoms with Crippen molar-refractivity contribution in [3.63, 3.8) is 0 Å². The number of aliphatic hydroxyl groups excluding tert-OH is 1. The SMILES string of the molecule is CN=C(NCC1CCCC1O)NCC1CCCN(C)C1c1cccs1. The maximum Gasteiger partial charge on any atom is 0.190 e. The minimum atomic E-state index is -0.152. The number of hydrogen-bond acceptors (Lipinski definition) is 4. The van der Waals surface area contributed by atoms with Crippen LogP contribution in [0.15, 0.2) is 22.5 Å². The quantitative estimate of drug-likeness (QED) is 0.555. The van der Waals surface area contributed by atoms with Crippen LogP contribution in [0.4, 0.5) is 0 Å². The van der Waals surface area contributed by atoms with Gasteiger partial charge in [0.05, 0.1) is 6.10 Å². The lowest BCUT2D eigenvalue weighted by Crippen LogP contribution is -2.46. The first-order chi connectivity index (χ1) is 12.2. The van der Waals surface area contributed by atoms with Gasteiger partial charge >= 0.3 is 0 Å². The first-order valence-corrected chi connectivity index (χ1v) is 10.4. The van der Waals surface area contributed by atoms with Gasteiger partial charge in [-0.3, -0.25) is 9.89 Å². The van der Waals surface area contributed by atoms with Crippen LogP contribution in [0.3, 0.4) is 0 Å². The fraction of sp³-hybridized carbons (Fsp3) is 0.737. The monoisotopic (exact) mass is 364 g/mol. The van der Waals surface area contributed by atoms with Gasteiger partial charge in [-0.1, -0.05) is 12.5 Å². The summed E-state index contributed by atoms with van der Waals surface area (Å²) in [6.45, 7) is 2.91. The van der Waals surface area contributed by atoms with Gasteiger partial charge < -0.3 is 15.7 Å². The smallest absolute Gasteiger partial charge is 0.190 e. The predicted octanol–water partition coefficient (Wildman–Crippen LogP) is 2.46. The summed E-state index contributed by atoms with van der Waals surface area (Å²) in [6, 6.07) is 4.91. The molecule has 3 N–H and O–H groups in total. The summed E-state index contributed by atoms with van der Waals surface area (Å²) in [6.07, 6.45) is 5.54. The van der Waals surface area contributed by atoms with Crippen LogP contribution in [-0.4, -0.2) is 55.8 Å². The second-order valence-electron chi connectivity index (χ2n) is 7.44. The van der Waals surface area contributed by atoms with Crippen LogP contribution in [0.1, 0.15) is 43.0 Å². The highest BCUT2D eigenvalue weighted by Crippen LogP contribution is 2.36. The highest BCUT2D eigenvalue weighted by molar-refractivity contribution is 7.10. The first kappa shape index (κ1) is 18.7. The van der Waals surface area contributed by atoms with E-state index in [1.165, 1.54) is 24.3 Å². The Bertz CT molecular complexity index is 548. The van der Waals surface area contributed by atoms with Crippen molar-refractivity contribution >= 4 is 17.3 Å². The Morgan fingerprint density at radius 1 is 1.24 bits per heavy atom. The Labute approximate surface area is 155 Å². The van der Waals surface area contributed by atoms with Crippen LogP contribution in [0.25, 0.3) is 0 Å². The van der Waals surface area contributed by atoms with E-state index in [0.717, 1.165) is 38.3 Å². The summed E-state index contributed by atoms with van der Waals surface area (Å²) < 4.78 is 0. The van der Waals surface area contributed by atoms with Crippen LogP contribution in [0.2, 0.25) is 0 Å². The highest BCUT2D eigenvalue weighted by Gasteiger charge is 2.31. The maximum atomic E-state index is 9.97. The van der Waals surface area contributed by atoms with Gasteiger partial charge in [0.25, 0.3) is 0 Å². The molecule has 25 heavy (non-hydrogen) atoms. The summed E-state index contributed by atoms with van der Waals surface area (Å²) in [7, 11) is 4.06. The molecule has 2 aliphatic rings. The number of likely N-dealkylation sites (tertiary alicyclic amines) is 1. The Balaban J connectivity index is 1.53. The van der Waals surface area contributed by atoms with Gasteiger partial charge in [0.1, 0.15) is 0 Å². The third-order valence-corrected chi connectivity index (χ3v) is 6.69. The molecule has 3 rings (SSSR count). The summed E-state index contributed by atoms with van der Waals surface area (Å²) in [5, 5.41) is 19.1. The molecule has 4 atom stereocenters. The van der Waals surface area contributed by atoms with Crippen molar-refractivity contribution in [2.24, 2.45) is 16.8 Å². The average molecular weight is 365 g/mol. The standard InChI is InChI=1S/C19H32N4OS/c1-20-19(21-12-14-6-3-8-16(14)24)22-13-15-7-4-10-23(2)18(15)17-9-5-11-25-17/h5,9,11,14-16,18,24H,3-4,6-8,10,12-13H2,1-2H3,(H2,20,21,22). The maximum absolute atomic E-state index is 9.97. The van der Waals surface area contributed by atoms with Crippen molar-refractivity contribution in [1.82, 2.24) is 15.5 Å². The molecule has 1 aromatic heterocycles. The van der Waals surface area contributed by atoms with Crippen LogP contribution < -0.4 is 10.6 Å². The predicted molar refractivity (Wildman–Crippen MR) is 105 cm³/mol. The second kappa shape index (κ2) is 9.01. The molecule has 0 spiro atoms. The number of nitrogens with one attached hydrogen (secondary N) is 2. The topological polar surface area (TPSA) is 59.9 Å². The summed E-state index contributed by atoms with van der Waals surface area (Å²) in [5.41, 5.74) is 0. The van der Waals surface area contributed by atoms with E-state index in [1.807, 2.05) is 18.4 Å². The van der Waals surface area contributed by atoms with E-state index in [-0.39, 0.29) is 6.10 Å². The van der Waals surface area contributed by atoms with Crippen LogP contribution >= 0.6 is 11.3 Å². The van der Waals surface area contributed by atoms with Gasteiger partial charge in [0.15, 0.2) is 5.96 Å². The van der Waals surface area contributed by atoms with Gasteiger partial charge in [0, 0.05) is 37.0 Å². The second-order valence-corrected chi connectivity index (χ2v) is 8.41. The lowest BCUT2D eigenvalue weighted by Gasteiger charge is -2.39. The average Bonchev–Trinajstić information content (AvgIpc) is 3.27. The molecular weight excluding hydrogens is 332 g/mol. The summed E-state index contributed by atoms with van der Waals surface area (Å²) in [5.74, 6) is 1.81. The highest BCUT2D eigenvalue weighted by atomic mass is 32.1. The molecule has 0 aromatic carbocycles. The minimum absolute atomic E-state index is 0.152. The molecular formula is C19H32N4OS. The third kappa shape index (κ3) is 4.74. The lowest BCUT2D eigenvalue weighted by molar-refractivity contribution is 0.124. The number of rotatable bonds is 5. The molecule has 0 amide bonds. The molecule has 1 saturated heterocycles. The molecule has 1 aliphatic carbocycles. The number of guanidine groups is 1. The zero-order chi connectivity index (χ0) is 17.6. The zero-order valence-corrected chi connectivity index (χ0v) is 16.3. The van der Waals surface area contributed by atoms with Gasteiger partial charge in [-0.05, 0) is 56.6 Å². The molecule has 140 valence electrons. The number of piperidine rings is 1. The zero-order valence-electron chi connectivity index (χ0n) is 15.4. The normalized spacial score (nSPS) is 31.2. The Morgan fingerprint density at radius 2 is 2.00 bits per heavy atom. The van der Waals surface area contributed by atoms with Gasteiger partial charge in [-0.2, -0.15) is 0 Å². The molecule has 1 aliphatic heterocycles. The van der Waals surface area contributed by atoms with Crippen LogP contribution in [-0.2, 0) is 0 Å². The Hall–Kier alpha value is -1.11. The van der Waals surface area contributed by atoms with E-state index >= 15 is 0 Å². The van der Waals surface area contributed by atoms with E-state index in [2.05, 4.69) is 45.1 Å². The largest absolute Gasteiger partial charge is 0.393 e. The third-order valence-electron chi connectivity index (χ3n) is 5.75. The molecule has 4 unspecified atom stereocenters. The first-order valence-electron chi connectivity index (χ1n) is 9.55. The van der Waals surface area contributed by atoms with Crippen molar-refractivity contribution in [2.75, 3.05) is 33.7 Å². The van der Waals surface area contributed by atoms with Gasteiger partial charge in [-0.15, -0.1) is 11.3 Å². The number of aliphatic imine (C=N–C) groups is 1. The molecule has 2 heterocycles. The van der Waals surface area contributed by atoms with Crippen molar-refractivity contribution in [2.45, 2.75) is 44.2 Å². The van der Waals surface area contributed by atoms with Crippen molar-refractivity contribution < 1.29 is 5.11 Å². The summed E-state index contributed by atoms with van der Waals surface area (Å²) >= 11 is 1.86. The van der Waals surface area contributed by atoms with Crippen molar-refractivity contribution in [1.29, 1.82) is 0 Å². The van der Waals surface area contributed by atoms with Crippen molar-refractivity contribution in [3.8, 4) is 0 Å². The minimum Gasteiger partial charge on any atom is -0.393 e. The van der Waals surface area contributed by atoms with E-state index in [9.17, 15) is 5.11 Å². The fourth-order valence-electron chi connectivity index (χ4n) is 4.31. The molecule has 1 saturated carbocycles. The molecule has 5 nitrogen and oxygen atoms in total. The van der Waals surface area contributed by atoms with E-state index in [0.29, 0.717) is 17.9 Å². The summed E-state index contributed by atoms with van der Waals surface area (Å²) in [4.78, 5) is 8.32. The molecule has 0 bridgehead atoms. The molecule has 0 radical (unpaired) electrons. The Kier molecular flexibility index (Phi) is 6.73.